The van der Waals surface area contributed by atoms with Gasteiger partial charge in [-0.15, -0.1) is 0 Å². The Hall–Kier alpha value is -3.32. The number of hydrogen-bond donors (Lipinski definition) is 0. The number of allylic oxidation sites excluding steroid dienone is 2. The van der Waals surface area contributed by atoms with Crippen LogP contribution in [0.5, 0.6) is 5.75 Å². The van der Waals surface area contributed by atoms with E-state index in [1.165, 1.54) is 7.11 Å². The molecule has 2 aromatic rings. The van der Waals surface area contributed by atoms with Crippen LogP contribution in [0.1, 0.15) is 5.56 Å². The molecule has 2 aromatic carbocycles. The molecule has 4 nitrogen and oxygen atoms in total. The summed E-state index contributed by atoms with van der Waals surface area (Å²) in [6, 6.07) is 8.39. The van der Waals surface area contributed by atoms with Crippen LogP contribution in [0.2, 0.25) is 0 Å². The van der Waals surface area contributed by atoms with Gasteiger partial charge in [0.1, 0.15) is 6.10 Å². The number of halogens is 3. The number of hydrogen-bond acceptors (Lipinski definition) is 4. The summed E-state index contributed by atoms with van der Waals surface area (Å²) in [5, 5.41) is 0. The van der Waals surface area contributed by atoms with Crippen molar-refractivity contribution in [2.24, 2.45) is 0 Å². The van der Waals surface area contributed by atoms with Gasteiger partial charge < -0.3 is 14.4 Å². The van der Waals surface area contributed by atoms with Gasteiger partial charge in [-0.2, -0.15) is 4.39 Å². The number of carbonyl (C=O) groups excluding carboxylic acids is 1. The molecule has 0 amide bonds. The Labute approximate surface area is 165 Å². The Morgan fingerprint density at radius 2 is 1.79 bits per heavy atom. The molecular weight excluding hydrogens is 383 g/mol. The van der Waals surface area contributed by atoms with Gasteiger partial charge in [-0.3, -0.25) is 0 Å². The second-order valence-electron chi connectivity index (χ2n) is 6.52. The molecule has 1 aliphatic carbocycles. The molecule has 1 unspecified atom stereocenters. The summed E-state index contributed by atoms with van der Waals surface area (Å²) < 4.78 is 52.1. The number of nitrogens with zero attached hydrogens (tertiary/aromatic N) is 1. The standard InChI is InChI=1S/C22H16F3NO3/c1-26-15-7-4-3-6-12(15)18(19-16(26)8-5-9-17(19)28-2)22(27)29-21-14(24)11-10-13(23)20(21)25/h3-11,17H,1-2H3. The summed E-state index contributed by atoms with van der Waals surface area (Å²) in [5.41, 5.74) is 2.51. The van der Waals surface area contributed by atoms with Gasteiger partial charge in [0, 0.05) is 36.7 Å². The molecule has 0 radical (unpaired) electrons. The first-order valence-electron chi connectivity index (χ1n) is 8.78. The van der Waals surface area contributed by atoms with E-state index in [0.717, 1.165) is 0 Å². The molecule has 1 heterocycles. The fraction of sp³-hybridized carbons (Fsp3) is 0.136. The van der Waals surface area contributed by atoms with Crippen molar-refractivity contribution in [1.82, 2.24) is 0 Å². The number of para-hydroxylation sites is 1. The largest absolute Gasteiger partial charge is 0.416 e. The molecule has 0 saturated carbocycles. The van der Waals surface area contributed by atoms with E-state index < -0.39 is 35.3 Å². The lowest BCUT2D eigenvalue weighted by atomic mass is 9.86. The second-order valence-corrected chi connectivity index (χ2v) is 6.52. The van der Waals surface area contributed by atoms with Crippen molar-refractivity contribution in [3.8, 4) is 5.75 Å². The van der Waals surface area contributed by atoms with E-state index in [1.54, 1.807) is 30.4 Å². The number of fused-ring (bicyclic) bond motifs is 2. The lowest BCUT2D eigenvalue weighted by Crippen LogP contribution is -2.33. The molecule has 0 spiro atoms. The Morgan fingerprint density at radius 1 is 1.07 bits per heavy atom. The van der Waals surface area contributed by atoms with Crippen LogP contribution in [0.15, 0.2) is 65.9 Å². The van der Waals surface area contributed by atoms with Crippen LogP contribution >= 0.6 is 0 Å². The van der Waals surface area contributed by atoms with Gasteiger partial charge in [-0.1, -0.05) is 30.4 Å². The number of anilines is 1. The van der Waals surface area contributed by atoms with Crippen molar-refractivity contribution in [2.45, 2.75) is 6.10 Å². The number of carbonyl (C=O) groups is 1. The Morgan fingerprint density at radius 3 is 2.55 bits per heavy atom. The predicted octanol–water partition coefficient (Wildman–Crippen LogP) is 4.38. The van der Waals surface area contributed by atoms with E-state index in [0.29, 0.717) is 34.7 Å². The first kappa shape index (κ1) is 19.0. The van der Waals surface area contributed by atoms with Crippen LogP contribution in [0, 0.1) is 17.5 Å². The summed E-state index contributed by atoms with van der Waals surface area (Å²) in [6.45, 7) is 0. The number of methoxy groups -OCH3 is 1. The molecule has 4 rings (SSSR count). The summed E-state index contributed by atoms with van der Waals surface area (Å²) in [6.07, 6.45) is 4.77. The van der Waals surface area contributed by atoms with Crippen molar-refractivity contribution in [3.63, 3.8) is 0 Å². The minimum Gasteiger partial charge on any atom is -0.416 e. The zero-order valence-corrected chi connectivity index (χ0v) is 15.6. The highest BCUT2D eigenvalue weighted by Crippen LogP contribution is 2.43. The Balaban J connectivity index is 1.90. The maximum Gasteiger partial charge on any atom is 0.344 e. The summed E-state index contributed by atoms with van der Waals surface area (Å²) in [7, 11) is 3.32. The smallest absolute Gasteiger partial charge is 0.344 e. The number of esters is 1. The van der Waals surface area contributed by atoms with E-state index >= 15 is 0 Å². The average molecular weight is 399 g/mol. The van der Waals surface area contributed by atoms with Gasteiger partial charge in [0.15, 0.2) is 11.6 Å². The molecule has 0 bridgehead atoms. The van der Waals surface area contributed by atoms with E-state index in [9.17, 15) is 18.0 Å². The minimum atomic E-state index is -1.56. The van der Waals surface area contributed by atoms with Gasteiger partial charge in [0.05, 0.1) is 5.57 Å². The Bertz CT molecular complexity index is 1100. The molecule has 2 aliphatic rings. The SMILES string of the molecule is COC1C=CC=C2C1=C(C(=O)Oc1c(F)ccc(F)c1F)c1ccccc1N2C. The average Bonchev–Trinajstić information content (AvgIpc) is 2.74. The number of benzene rings is 2. The van der Waals surface area contributed by atoms with Crippen molar-refractivity contribution in [2.75, 3.05) is 19.1 Å². The summed E-state index contributed by atoms with van der Waals surface area (Å²) in [4.78, 5) is 15.0. The predicted molar refractivity (Wildman–Crippen MR) is 102 cm³/mol. The second kappa shape index (κ2) is 7.25. The van der Waals surface area contributed by atoms with Crippen LogP contribution in [-0.4, -0.2) is 26.2 Å². The van der Waals surface area contributed by atoms with Crippen LogP contribution in [0.25, 0.3) is 5.57 Å². The van der Waals surface area contributed by atoms with Crippen molar-refractivity contribution < 1.29 is 27.4 Å². The highest BCUT2D eigenvalue weighted by atomic mass is 19.2. The lowest BCUT2D eigenvalue weighted by Gasteiger charge is -2.36. The number of likely N-dealkylation sites (N-methyl/N-ethyl adjacent to an activating group) is 1. The third-order valence-corrected chi connectivity index (χ3v) is 4.92. The van der Waals surface area contributed by atoms with Gasteiger partial charge in [0.25, 0.3) is 0 Å². The van der Waals surface area contributed by atoms with Gasteiger partial charge >= 0.3 is 5.97 Å². The first-order chi connectivity index (χ1) is 13.9. The van der Waals surface area contributed by atoms with Gasteiger partial charge in [-0.25, -0.2) is 13.6 Å². The third-order valence-electron chi connectivity index (χ3n) is 4.92. The maximum atomic E-state index is 14.1. The van der Waals surface area contributed by atoms with E-state index in [2.05, 4.69) is 0 Å². The minimum absolute atomic E-state index is 0.101. The van der Waals surface area contributed by atoms with Crippen LogP contribution in [0.4, 0.5) is 18.9 Å². The summed E-state index contributed by atoms with van der Waals surface area (Å²) >= 11 is 0. The zero-order valence-electron chi connectivity index (χ0n) is 15.6. The fourth-order valence-electron chi connectivity index (χ4n) is 3.56. The maximum absolute atomic E-state index is 14.1. The zero-order chi connectivity index (χ0) is 20.7. The fourth-order valence-corrected chi connectivity index (χ4v) is 3.56. The lowest BCUT2D eigenvalue weighted by molar-refractivity contribution is -0.128. The van der Waals surface area contributed by atoms with E-state index in [1.807, 2.05) is 24.1 Å². The quantitative estimate of drug-likeness (QED) is 0.436. The van der Waals surface area contributed by atoms with Gasteiger partial charge in [-0.05, 0) is 24.3 Å². The van der Waals surface area contributed by atoms with Crippen LogP contribution in [-0.2, 0) is 9.53 Å². The van der Waals surface area contributed by atoms with Crippen molar-refractivity contribution in [1.29, 1.82) is 0 Å². The molecular formula is C22H16F3NO3. The molecule has 1 aliphatic heterocycles. The topological polar surface area (TPSA) is 38.8 Å². The van der Waals surface area contributed by atoms with Crippen molar-refractivity contribution >= 4 is 17.2 Å². The monoisotopic (exact) mass is 399 g/mol. The van der Waals surface area contributed by atoms with Gasteiger partial charge in [0.2, 0.25) is 11.6 Å². The molecule has 148 valence electrons. The summed E-state index contributed by atoms with van der Waals surface area (Å²) in [5.74, 6) is -6.14. The van der Waals surface area contributed by atoms with Crippen LogP contribution in [0.3, 0.4) is 0 Å². The van der Waals surface area contributed by atoms with Crippen LogP contribution < -0.4 is 9.64 Å². The highest BCUT2D eigenvalue weighted by Gasteiger charge is 2.36. The molecule has 0 N–H and O–H groups in total. The third kappa shape index (κ3) is 3.03. The molecule has 29 heavy (non-hydrogen) atoms. The first-order valence-corrected chi connectivity index (χ1v) is 8.78. The molecule has 1 atom stereocenters. The molecule has 0 fully saturated rings. The van der Waals surface area contributed by atoms with Crippen molar-refractivity contribution in [3.05, 3.63) is 88.9 Å². The van der Waals surface area contributed by atoms with E-state index in [4.69, 9.17) is 9.47 Å². The molecule has 0 aromatic heterocycles. The van der Waals surface area contributed by atoms with E-state index in [-0.39, 0.29) is 5.57 Å². The number of rotatable bonds is 3. The normalized spacial score (nSPS) is 17.6. The number of ether oxygens (including phenoxy) is 2. The highest BCUT2D eigenvalue weighted by molar-refractivity contribution is 6.22. The Kier molecular flexibility index (Phi) is 4.76. The molecule has 0 saturated heterocycles. The molecule has 7 heteroatoms.